The molecule has 1 atom stereocenters. The maximum atomic E-state index is 11.9. The second kappa shape index (κ2) is 5.87. The Bertz CT molecular complexity index is 258. The van der Waals surface area contributed by atoms with Crippen LogP contribution in [0.3, 0.4) is 0 Å². The molecule has 0 spiro atoms. The largest absolute Gasteiger partial charge is 0.368 e. The molecule has 3 N–H and O–H groups in total. The predicted molar refractivity (Wildman–Crippen MR) is 62.5 cm³/mol. The summed E-state index contributed by atoms with van der Waals surface area (Å²) in [7, 11) is 0. The molecule has 0 aliphatic heterocycles. The maximum Gasteiger partial charge on any atom is 0.240 e. The van der Waals surface area contributed by atoms with Crippen molar-refractivity contribution in [2.45, 2.75) is 52.0 Å². The minimum absolute atomic E-state index is 0.00259. The van der Waals surface area contributed by atoms with Gasteiger partial charge in [-0.3, -0.25) is 9.59 Å². The molecule has 2 amide bonds. The van der Waals surface area contributed by atoms with Crippen LogP contribution in [0.2, 0.25) is 0 Å². The minimum Gasteiger partial charge on any atom is -0.368 e. The summed E-state index contributed by atoms with van der Waals surface area (Å²) in [5.74, 6) is -0.323. The second-order valence-corrected chi connectivity index (χ2v) is 4.97. The first-order valence-corrected chi connectivity index (χ1v) is 6.12. The van der Waals surface area contributed by atoms with Crippen LogP contribution in [0.5, 0.6) is 0 Å². The molecule has 4 heteroatoms. The summed E-state index contributed by atoms with van der Waals surface area (Å²) in [6.45, 7) is 3.77. The third-order valence-electron chi connectivity index (χ3n) is 3.25. The molecule has 1 unspecified atom stereocenters. The van der Waals surface area contributed by atoms with Crippen LogP contribution in [0, 0.1) is 11.8 Å². The molecule has 1 saturated carbocycles. The van der Waals surface area contributed by atoms with Gasteiger partial charge in [0.1, 0.15) is 6.04 Å². The van der Waals surface area contributed by atoms with Crippen LogP contribution in [-0.4, -0.2) is 17.9 Å². The van der Waals surface area contributed by atoms with E-state index < -0.39 is 11.9 Å². The van der Waals surface area contributed by atoms with Gasteiger partial charge in [-0.25, -0.2) is 0 Å². The van der Waals surface area contributed by atoms with E-state index in [4.69, 9.17) is 5.73 Å². The number of carbonyl (C=O) groups excluding carboxylic acids is 2. The van der Waals surface area contributed by atoms with Gasteiger partial charge in [0, 0.05) is 5.92 Å². The van der Waals surface area contributed by atoms with Crippen molar-refractivity contribution in [3.8, 4) is 0 Å². The Kier molecular flexibility index (Phi) is 4.77. The average Bonchev–Trinajstić information content (AvgIpc) is 2.25. The van der Waals surface area contributed by atoms with Gasteiger partial charge in [0.05, 0.1) is 0 Å². The lowest BCUT2D eigenvalue weighted by Gasteiger charge is -2.25. The quantitative estimate of drug-likeness (QED) is 0.756. The molecule has 0 radical (unpaired) electrons. The van der Waals surface area contributed by atoms with Crippen molar-refractivity contribution >= 4 is 11.8 Å². The number of hydrogen-bond donors (Lipinski definition) is 2. The lowest BCUT2D eigenvalue weighted by atomic mass is 9.88. The van der Waals surface area contributed by atoms with E-state index in [0.29, 0.717) is 0 Å². The van der Waals surface area contributed by atoms with E-state index >= 15 is 0 Å². The zero-order valence-corrected chi connectivity index (χ0v) is 10.2. The fourth-order valence-electron chi connectivity index (χ4n) is 2.20. The molecular weight excluding hydrogens is 204 g/mol. The molecule has 1 rings (SSSR count). The van der Waals surface area contributed by atoms with Crippen molar-refractivity contribution in [2.75, 3.05) is 0 Å². The van der Waals surface area contributed by atoms with E-state index in [-0.39, 0.29) is 17.7 Å². The van der Waals surface area contributed by atoms with Gasteiger partial charge in [0.15, 0.2) is 0 Å². The average molecular weight is 226 g/mol. The Morgan fingerprint density at radius 2 is 1.75 bits per heavy atom. The van der Waals surface area contributed by atoms with Crippen LogP contribution >= 0.6 is 0 Å². The van der Waals surface area contributed by atoms with Crippen molar-refractivity contribution in [3.63, 3.8) is 0 Å². The zero-order chi connectivity index (χ0) is 12.1. The first-order chi connectivity index (χ1) is 7.52. The summed E-state index contributed by atoms with van der Waals surface area (Å²) >= 11 is 0. The summed E-state index contributed by atoms with van der Waals surface area (Å²) in [6, 6.07) is -0.533. The normalized spacial score (nSPS) is 19.4. The smallest absolute Gasteiger partial charge is 0.240 e. The van der Waals surface area contributed by atoms with Crippen LogP contribution in [0.1, 0.15) is 46.0 Å². The van der Waals surface area contributed by atoms with Crippen molar-refractivity contribution in [1.29, 1.82) is 0 Å². The highest BCUT2D eigenvalue weighted by atomic mass is 16.2. The lowest BCUT2D eigenvalue weighted by molar-refractivity contribution is -0.131. The van der Waals surface area contributed by atoms with Gasteiger partial charge >= 0.3 is 0 Å². The predicted octanol–water partition coefficient (Wildman–Crippen LogP) is 1.19. The molecule has 16 heavy (non-hydrogen) atoms. The fraction of sp³-hybridized carbons (Fsp3) is 0.833. The van der Waals surface area contributed by atoms with Crippen LogP contribution in [0.15, 0.2) is 0 Å². The maximum absolute atomic E-state index is 11.9. The van der Waals surface area contributed by atoms with Gasteiger partial charge in [-0.2, -0.15) is 0 Å². The van der Waals surface area contributed by atoms with E-state index in [1.54, 1.807) is 0 Å². The van der Waals surface area contributed by atoms with E-state index in [9.17, 15) is 9.59 Å². The van der Waals surface area contributed by atoms with Gasteiger partial charge in [-0.05, 0) is 18.8 Å². The number of rotatable bonds is 4. The van der Waals surface area contributed by atoms with Crippen molar-refractivity contribution in [3.05, 3.63) is 0 Å². The van der Waals surface area contributed by atoms with E-state index in [1.807, 2.05) is 13.8 Å². The Balaban J connectivity index is 2.50. The second-order valence-electron chi connectivity index (χ2n) is 4.97. The minimum atomic E-state index is -0.533. The van der Waals surface area contributed by atoms with Gasteiger partial charge in [0.2, 0.25) is 11.8 Å². The number of nitrogens with one attached hydrogen (secondary N) is 1. The van der Waals surface area contributed by atoms with Crippen LogP contribution in [-0.2, 0) is 9.59 Å². The zero-order valence-electron chi connectivity index (χ0n) is 10.2. The number of primary amides is 1. The molecule has 1 aliphatic carbocycles. The highest BCUT2D eigenvalue weighted by molar-refractivity contribution is 5.87. The van der Waals surface area contributed by atoms with Crippen LogP contribution in [0.4, 0.5) is 0 Å². The van der Waals surface area contributed by atoms with E-state index in [1.165, 1.54) is 6.42 Å². The van der Waals surface area contributed by atoms with E-state index in [0.717, 1.165) is 25.7 Å². The topological polar surface area (TPSA) is 72.2 Å². The summed E-state index contributed by atoms with van der Waals surface area (Å²) in [4.78, 5) is 23.1. The monoisotopic (exact) mass is 226 g/mol. The van der Waals surface area contributed by atoms with Gasteiger partial charge in [0.25, 0.3) is 0 Å². The van der Waals surface area contributed by atoms with Crippen molar-refractivity contribution in [1.82, 2.24) is 5.32 Å². The summed E-state index contributed by atoms with van der Waals surface area (Å²) in [5, 5.41) is 2.77. The summed E-state index contributed by atoms with van der Waals surface area (Å²) in [6.07, 6.45) is 5.32. The molecule has 0 heterocycles. The van der Waals surface area contributed by atoms with Crippen molar-refractivity contribution < 1.29 is 9.59 Å². The Morgan fingerprint density at radius 3 is 2.19 bits per heavy atom. The Hall–Kier alpha value is -1.06. The third kappa shape index (κ3) is 3.51. The first-order valence-electron chi connectivity index (χ1n) is 6.12. The molecule has 0 bridgehead atoms. The molecule has 4 nitrogen and oxygen atoms in total. The molecule has 0 aromatic carbocycles. The molecule has 0 aromatic heterocycles. The standard InChI is InChI=1S/C12H22N2O2/c1-8(2)10(11(13)15)14-12(16)9-6-4-3-5-7-9/h8-10H,3-7H2,1-2H3,(H2,13,15)(H,14,16). The molecular formula is C12H22N2O2. The highest BCUT2D eigenvalue weighted by Crippen LogP contribution is 2.23. The number of amides is 2. The van der Waals surface area contributed by atoms with Crippen LogP contribution < -0.4 is 11.1 Å². The highest BCUT2D eigenvalue weighted by Gasteiger charge is 2.26. The fourth-order valence-corrected chi connectivity index (χ4v) is 2.20. The molecule has 0 aromatic rings. The number of nitrogens with two attached hydrogens (primary N) is 1. The number of hydrogen-bond acceptors (Lipinski definition) is 2. The van der Waals surface area contributed by atoms with Gasteiger partial charge in [-0.1, -0.05) is 33.1 Å². The molecule has 0 saturated heterocycles. The van der Waals surface area contributed by atoms with Crippen molar-refractivity contribution in [2.24, 2.45) is 17.6 Å². The molecule has 1 fully saturated rings. The Labute approximate surface area is 97.0 Å². The first kappa shape index (κ1) is 13.0. The third-order valence-corrected chi connectivity index (χ3v) is 3.25. The molecule has 1 aliphatic rings. The number of carbonyl (C=O) groups is 2. The lowest BCUT2D eigenvalue weighted by Crippen LogP contribution is -2.49. The van der Waals surface area contributed by atoms with Crippen LogP contribution in [0.25, 0.3) is 0 Å². The van der Waals surface area contributed by atoms with Gasteiger partial charge < -0.3 is 11.1 Å². The SMILES string of the molecule is CC(C)C(NC(=O)C1CCCCC1)C(N)=O. The van der Waals surface area contributed by atoms with Gasteiger partial charge in [-0.15, -0.1) is 0 Å². The molecule has 92 valence electrons. The van der Waals surface area contributed by atoms with E-state index in [2.05, 4.69) is 5.32 Å². The summed E-state index contributed by atoms with van der Waals surface area (Å²) in [5.41, 5.74) is 5.26. The summed E-state index contributed by atoms with van der Waals surface area (Å²) < 4.78 is 0. The Morgan fingerprint density at radius 1 is 1.19 bits per heavy atom.